The predicted octanol–water partition coefficient (Wildman–Crippen LogP) is 2.14. The average Bonchev–Trinajstić information content (AvgIpc) is 2.61. The number of anilines is 1. The van der Waals surface area contributed by atoms with E-state index in [4.69, 9.17) is 4.74 Å². The van der Waals surface area contributed by atoms with Crippen molar-refractivity contribution < 1.29 is 22.7 Å². The molecule has 1 aromatic rings. The lowest BCUT2D eigenvalue weighted by Gasteiger charge is -2.26. The first-order valence-electron chi connectivity index (χ1n) is 8.49. The lowest BCUT2D eigenvalue weighted by Crippen LogP contribution is -2.35. The fraction of sp³-hybridized carbons (Fsp3) is 0.529. The lowest BCUT2D eigenvalue weighted by atomic mass is 10.2. The summed E-state index contributed by atoms with van der Waals surface area (Å²) in [5.41, 5.74) is 0.356. The second kappa shape index (κ2) is 8.96. The molecule has 138 valence electrons. The zero-order valence-electron chi connectivity index (χ0n) is 14.4. The van der Waals surface area contributed by atoms with Crippen molar-refractivity contribution in [3.05, 3.63) is 24.3 Å². The molecule has 0 aromatic heterocycles. The van der Waals surface area contributed by atoms with Gasteiger partial charge in [0.05, 0.1) is 4.90 Å². The van der Waals surface area contributed by atoms with Crippen molar-refractivity contribution >= 4 is 27.6 Å². The number of nitrogens with one attached hydrogen (secondary N) is 1. The lowest BCUT2D eigenvalue weighted by molar-refractivity contribution is -0.147. The number of hydrogen-bond donors (Lipinski definition) is 1. The van der Waals surface area contributed by atoms with E-state index in [0.29, 0.717) is 25.2 Å². The van der Waals surface area contributed by atoms with E-state index in [-0.39, 0.29) is 17.9 Å². The highest BCUT2D eigenvalue weighted by Crippen LogP contribution is 2.22. The van der Waals surface area contributed by atoms with Crippen molar-refractivity contribution in [3.63, 3.8) is 0 Å². The summed E-state index contributed by atoms with van der Waals surface area (Å²) in [4.78, 5) is 23.3. The van der Waals surface area contributed by atoms with Crippen LogP contribution in [-0.2, 0) is 24.3 Å². The molecule has 1 saturated heterocycles. The molecule has 1 aromatic carbocycles. The monoisotopic (exact) mass is 368 g/mol. The Kier molecular flexibility index (Phi) is 6.95. The number of esters is 1. The second-order valence-corrected chi connectivity index (χ2v) is 7.89. The smallest absolute Gasteiger partial charge is 0.306 e. The number of carbonyl (C=O) groups is 2. The summed E-state index contributed by atoms with van der Waals surface area (Å²) in [5.74, 6) is -0.934. The van der Waals surface area contributed by atoms with Crippen molar-refractivity contribution in [1.82, 2.24) is 4.31 Å². The maximum atomic E-state index is 12.7. The fourth-order valence-electron chi connectivity index (χ4n) is 2.61. The quantitative estimate of drug-likeness (QED) is 0.745. The highest BCUT2D eigenvalue weighted by molar-refractivity contribution is 7.89. The number of ether oxygens (including phenoxy) is 1. The zero-order chi connectivity index (χ0) is 18.3. The fourth-order valence-corrected chi connectivity index (χ4v) is 4.17. The molecule has 7 nitrogen and oxygen atoms in total. The van der Waals surface area contributed by atoms with Crippen LogP contribution in [0.15, 0.2) is 29.2 Å². The van der Waals surface area contributed by atoms with Crippen LogP contribution in [0.1, 0.15) is 39.0 Å². The third kappa shape index (κ3) is 5.54. The molecular formula is C17H24N2O5S. The number of sulfonamides is 1. The Morgan fingerprint density at radius 2 is 1.92 bits per heavy atom. The van der Waals surface area contributed by atoms with Gasteiger partial charge in [-0.15, -0.1) is 0 Å². The van der Waals surface area contributed by atoms with Crippen LogP contribution in [-0.4, -0.2) is 44.3 Å². The summed E-state index contributed by atoms with van der Waals surface area (Å²) in [6, 6.07) is 6.12. The van der Waals surface area contributed by atoms with Crippen LogP contribution >= 0.6 is 0 Å². The standard InChI is InChI=1S/C17H24N2O5S/c1-2-7-17(21)24-13-16(20)18-14-8-6-9-15(12-14)25(22,23)19-10-4-3-5-11-19/h6,8-9,12H,2-5,7,10-11,13H2,1H3,(H,18,20). The summed E-state index contributed by atoms with van der Waals surface area (Å²) < 4.78 is 31.6. The minimum Gasteiger partial charge on any atom is -0.456 e. The van der Waals surface area contributed by atoms with Crippen LogP contribution in [0.5, 0.6) is 0 Å². The number of benzene rings is 1. The third-order valence-electron chi connectivity index (χ3n) is 3.89. The first kappa shape index (κ1) is 19.4. The molecule has 0 atom stereocenters. The van der Waals surface area contributed by atoms with Gasteiger partial charge in [0.1, 0.15) is 0 Å². The Balaban J connectivity index is 2.00. The van der Waals surface area contributed by atoms with Gasteiger partial charge in [-0.3, -0.25) is 9.59 Å². The number of amides is 1. The largest absolute Gasteiger partial charge is 0.456 e. The van der Waals surface area contributed by atoms with Gasteiger partial charge in [0.15, 0.2) is 6.61 Å². The number of carbonyl (C=O) groups excluding carboxylic acids is 2. The van der Waals surface area contributed by atoms with Crippen LogP contribution in [0.25, 0.3) is 0 Å². The molecule has 1 aliphatic heterocycles. The van der Waals surface area contributed by atoms with Gasteiger partial charge >= 0.3 is 5.97 Å². The molecule has 0 radical (unpaired) electrons. The predicted molar refractivity (Wildman–Crippen MR) is 93.5 cm³/mol. The van der Waals surface area contributed by atoms with E-state index < -0.39 is 21.9 Å². The number of rotatable bonds is 7. The van der Waals surface area contributed by atoms with E-state index in [0.717, 1.165) is 19.3 Å². The van der Waals surface area contributed by atoms with E-state index in [1.165, 1.54) is 16.4 Å². The molecule has 1 amide bonds. The second-order valence-electron chi connectivity index (χ2n) is 5.95. The van der Waals surface area contributed by atoms with E-state index in [1.807, 2.05) is 6.92 Å². The molecule has 0 spiro atoms. The first-order valence-corrected chi connectivity index (χ1v) is 9.93. The van der Waals surface area contributed by atoms with Crippen LogP contribution in [0.3, 0.4) is 0 Å². The Labute approximate surface area is 148 Å². The number of piperidine rings is 1. The minimum atomic E-state index is -3.56. The highest BCUT2D eigenvalue weighted by atomic mass is 32.2. The molecule has 0 unspecified atom stereocenters. The van der Waals surface area contributed by atoms with Crippen LogP contribution < -0.4 is 5.32 Å². The van der Waals surface area contributed by atoms with Gasteiger partial charge in [0.2, 0.25) is 10.0 Å². The van der Waals surface area contributed by atoms with Crippen molar-refractivity contribution in [2.75, 3.05) is 25.0 Å². The molecule has 1 fully saturated rings. The summed E-state index contributed by atoms with van der Waals surface area (Å²) in [5, 5.41) is 2.56. The minimum absolute atomic E-state index is 0.148. The Morgan fingerprint density at radius 1 is 1.20 bits per heavy atom. The van der Waals surface area contributed by atoms with Gasteiger partial charge in [-0.2, -0.15) is 4.31 Å². The SMILES string of the molecule is CCCC(=O)OCC(=O)Nc1cccc(S(=O)(=O)N2CCCCC2)c1. The van der Waals surface area contributed by atoms with E-state index >= 15 is 0 Å². The van der Waals surface area contributed by atoms with Gasteiger partial charge in [-0.1, -0.05) is 19.4 Å². The third-order valence-corrected chi connectivity index (χ3v) is 5.78. The Bertz CT molecular complexity index is 712. The molecule has 25 heavy (non-hydrogen) atoms. The highest BCUT2D eigenvalue weighted by Gasteiger charge is 2.26. The zero-order valence-corrected chi connectivity index (χ0v) is 15.2. The van der Waals surface area contributed by atoms with Gasteiger partial charge in [-0.05, 0) is 37.5 Å². The summed E-state index contributed by atoms with van der Waals surface area (Å²) >= 11 is 0. The van der Waals surface area contributed by atoms with Crippen molar-refractivity contribution in [3.8, 4) is 0 Å². The van der Waals surface area contributed by atoms with Crippen LogP contribution in [0.2, 0.25) is 0 Å². The van der Waals surface area contributed by atoms with Gasteiger partial charge in [0.25, 0.3) is 5.91 Å². The van der Waals surface area contributed by atoms with Gasteiger partial charge in [0, 0.05) is 25.2 Å². The van der Waals surface area contributed by atoms with Crippen LogP contribution in [0.4, 0.5) is 5.69 Å². The molecule has 2 rings (SSSR count). The van der Waals surface area contributed by atoms with Crippen molar-refractivity contribution in [2.24, 2.45) is 0 Å². The molecule has 8 heteroatoms. The number of nitrogens with zero attached hydrogens (tertiary/aromatic N) is 1. The topological polar surface area (TPSA) is 92.8 Å². The Hall–Kier alpha value is -1.93. The number of hydrogen-bond acceptors (Lipinski definition) is 5. The normalized spacial score (nSPS) is 15.6. The van der Waals surface area contributed by atoms with Crippen LogP contribution in [0, 0.1) is 0 Å². The molecule has 1 aliphatic rings. The summed E-state index contributed by atoms with van der Waals surface area (Å²) in [7, 11) is -3.56. The van der Waals surface area contributed by atoms with Crippen molar-refractivity contribution in [2.45, 2.75) is 43.9 Å². The summed E-state index contributed by atoms with van der Waals surface area (Å²) in [6.07, 6.45) is 3.67. The average molecular weight is 368 g/mol. The molecular weight excluding hydrogens is 344 g/mol. The first-order chi connectivity index (χ1) is 11.9. The molecule has 1 N–H and O–H groups in total. The molecule has 1 heterocycles. The Morgan fingerprint density at radius 3 is 2.60 bits per heavy atom. The van der Waals surface area contributed by atoms with Crippen molar-refractivity contribution in [1.29, 1.82) is 0 Å². The molecule has 0 saturated carbocycles. The van der Waals surface area contributed by atoms with Gasteiger partial charge < -0.3 is 10.1 Å². The maximum absolute atomic E-state index is 12.7. The molecule has 0 aliphatic carbocycles. The maximum Gasteiger partial charge on any atom is 0.306 e. The van der Waals surface area contributed by atoms with E-state index in [1.54, 1.807) is 12.1 Å². The molecule has 0 bridgehead atoms. The van der Waals surface area contributed by atoms with E-state index in [9.17, 15) is 18.0 Å². The van der Waals surface area contributed by atoms with Gasteiger partial charge in [-0.25, -0.2) is 8.42 Å². The summed E-state index contributed by atoms with van der Waals surface area (Å²) in [6.45, 7) is 2.50. The van der Waals surface area contributed by atoms with E-state index in [2.05, 4.69) is 5.32 Å².